The summed E-state index contributed by atoms with van der Waals surface area (Å²) in [6.45, 7) is 6.17. The molecule has 0 aromatic heterocycles. The number of ether oxygens (including phenoxy) is 2. The quantitative estimate of drug-likeness (QED) is 0.783. The highest BCUT2D eigenvalue weighted by atomic mass is 16.5. The zero-order valence-electron chi connectivity index (χ0n) is 14.2. The van der Waals surface area contributed by atoms with Crippen molar-refractivity contribution >= 4 is 11.8 Å². The van der Waals surface area contributed by atoms with Gasteiger partial charge in [0.25, 0.3) is 0 Å². The molecular formula is C19H24O4. The van der Waals surface area contributed by atoms with Crippen LogP contribution in [0.4, 0.5) is 0 Å². The summed E-state index contributed by atoms with van der Waals surface area (Å²) in [7, 11) is 1.37. The van der Waals surface area contributed by atoms with Crippen LogP contribution in [0.15, 0.2) is 24.3 Å². The number of carbonyl (C=O) groups is 2. The molecule has 1 aliphatic carbocycles. The van der Waals surface area contributed by atoms with Crippen molar-refractivity contribution in [3.63, 3.8) is 0 Å². The number of carbonyl (C=O) groups excluding carboxylic acids is 2. The Morgan fingerprint density at radius 1 is 1.26 bits per heavy atom. The summed E-state index contributed by atoms with van der Waals surface area (Å²) in [6.07, 6.45) is 1.54. The summed E-state index contributed by atoms with van der Waals surface area (Å²) in [5.41, 5.74) is 1.24. The molecule has 1 aromatic carbocycles. The third kappa shape index (κ3) is 2.80. The van der Waals surface area contributed by atoms with Crippen LogP contribution in [-0.4, -0.2) is 24.5 Å². The summed E-state index contributed by atoms with van der Waals surface area (Å²) in [6, 6.07) is 7.36. The van der Waals surface area contributed by atoms with E-state index in [0.29, 0.717) is 23.7 Å². The standard InChI is InChI=1S/C19H24O4/c1-11-15-9-14(10-16(11)20)19(2,3)23-17(15)12-5-7-13(8-6-12)18(21)22-4/h5-8,11,14-15,17H,9-10H2,1-4H3. The van der Waals surface area contributed by atoms with Gasteiger partial charge in [-0.15, -0.1) is 0 Å². The molecule has 0 amide bonds. The van der Waals surface area contributed by atoms with Gasteiger partial charge in [-0.25, -0.2) is 4.79 Å². The number of methoxy groups -OCH3 is 1. The number of hydrogen-bond acceptors (Lipinski definition) is 4. The van der Waals surface area contributed by atoms with Crippen molar-refractivity contribution in [1.82, 2.24) is 0 Å². The maximum Gasteiger partial charge on any atom is 0.337 e. The van der Waals surface area contributed by atoms with Gasteiger partial charge in [0.15, 0.2) is 0 Å². The number of Topliss-reactive ketones (excluding diaryl/α,β-unsaturated/α-hetero) is 1. The molecule has 1 saturated carbocycles. The van der Waals surface area contributed by atoms with Crippen LogP contribution in [0.1, 0.15) is 55.6 Å². The van der Waals surface area contributed by atoms with Crippen molar-refractivity contribution in [2.45, 2.75) is 45.3 Å². The Kier molecular flexibility index (Phi) is 4.05. The van der Waals surface area contributed by atoms with Gasteiger partial charge in [0, 0.05) is 12.3 Å². The molecule has 3 rings (SSSR count). The molecular weight excluding hydrogens is 292 g/mol. The molecule has 4 heteroatoms. The topological polar surface area (TPSA) is 52.6 Å². The molecule has 2 bridgehead atoms. The van der Waals surface area contributed by atoms with E-state index in [1.54, 1.807) is 12.1 Å². The summed E-state index contributed by atoms with van der Waals surface area (Å²) < 4.78 is 11.1. The van der Waals surface area contributed by atoms with Gasteiger partial charge >= 0.3 is 5.97 Å². The minimum Gasteiger partial charge on any atom is -0.465 e. The van der Waals surface area contributed by atoms with E-state index in [4.69, 9.17) is 9.47 Å². The molecule has 1 aliphatic heterocycles. The highest BCUT2D eigenvalue weighted by molar-refractivity contribution is 5.89. The first-order valence-electron chi connectivity index (χ1n) is 8.22. The lowest BCUT2D eigenvalue weighted by Crippen LogP contribution is -2.51. The van der Waals surface area contributed by atoms with Crippen molar-refractivity contribution < 1.29 is 19.1 Å². The fourth-order valence-electron chi connectivity index (χ4n) is 3.95. The molecule has 1 saturated heterocycles. The van der Waals surface area contributed by atoms with E-state index >= 15 is 0 Å². The molecule has 23 heavy (non-hydrogen) atoms. The Labute approximate surface area is 137 Å². The van der Waals surface area contributed by atoms with Crippen molar-refractivity contribution in [2.75, 3.05) is 7.11 Å². The van der Waals surface area contributed by atoms with Crippen LogP contribution >= 0.6 is 0 Å². The van der Waals surface area contributed by atoms with Crippen LogP contribution in [0.3, 0.4) is 0 Å². The van der Waals surface area contributed by atoms with Crippen LogP contribution in [0, 0.1) is 17.8 Å². The van der Waals surface area contributed by atoms with Crippen molar-refractivity contribution in [3.05, 3.63) is 35.4 Å². The highest BCUT2D eigenvalue weighted by Gasteiger charge is 2.50. The maximum atomic E-state index is 12.3. The average molecular weight is 316 g/mol. The fraction of sp³-hybridized carbons (Fsp3) is 0.579. The largest absolute Gasteiger partial charge is 0.465 e. The Morgan fingerprint density at radius 2 is 1.91 bits per heavy atom. The van der Waals surface area contributed by atoms with E-state index in [1.165, 1.54) is 7.11 Å². The van der Waals surface area contributed by atoms with Gasteiger partial charge < -0.3 is 9.47 Å². The van der Waals surface area contributed by atoms with Gasteiger partial charge in [0.1, 0.15) is 5.78 Å². The molecule has 1 aromatic rings. The molecule has 0 N–H and O–H groups in total. The maximum absolute atomic E-state index is 12.3. The van der Waals surface area contributed by atoms with Crippen molar-refractivity contribution in [2.24, 2.45) is 17.8 Å². The predicted molar refractivity (Wildman–Crippen MR) is 86.1 cm³/mol. The van der Waals surface area contributed by atoms with Crippen LogP contribution in [0.5, 0.6) is 0 Å². The number of hydrogen-bond donors (Lipinski definition) is 0. The third-order valence-corrected chi connectivity index (χ3v) is 5.62. The van der Waals surface area contributed by atoms with Gasteiger partial charge in [-0.3, -0.25) is 4.79 Å². The average Bonchev–Trinajstić information content (AvgIpc) is 2.54. The van der Waals surface area contributed by atoms with E-state index in [9.17, 15) is 9.59 Å². The van der Waals surface area contributed by atoms with E-state index in [0.717, 1.165) is 12.0 Å². The Balaban J connectivity index is 1.91. The van der Waals surface area contributed by atoms with Gasteiger partial charge in [0.2, 0.25) is 0 Å². The molecule has 0 spiro atoms. The van der Waals surface area contributed by atoms with Gasteiger partial charge in [-0.2, -0.15) is 0 Å². The normalized spacial score (nSPS) is 32.4. The predicted octanol–water partition coefficient (Wildman–Crippen LogP) is 3.55. The van der Waals surface area contributed by atoms with Crippen LogP contribution in [0.2, 0.25) is 0 Å². The van der Waals surface area contributed by atoms with Crippen molar-refractivity contribution in [1.29, 1.82) is 0 Å². The lowest BCUT2D eigenvalue weighted by atomic mass is 9.64. The first-order chi connectivity index (χ1) is 10.8. The summed E-state index contributed by atoms with van der Waals surface area (Å²) in [5, 5.41) is 0. The van der Waals surface area contributed by atoms with E-state index < -0.39 is 0 Å². The van der Waals surface area contributed by atoms with Gasteiger partial charge in [-0.05, 0) is 49.8 Å². The highest BCUT2D eigenvalue weighted by Crippen LogP contribution is 2.51. The van der Waals surface area contributed by atoms with Crippen LogP contribution in [0.25, 0.3) is 0 Å². The zero-order valence-corrected chi connectivity index (χ0v) is 14.2. The van der Waals surface area contributed by atoms with Gasteiger partial charge in [0.05, 0.1) is 24.4 Å². The lowest BCUT2D eigenvalue weighted by molar-refractivity contribution is -0.197. The minimum atomic E-state index is -0.345. The Bertz CT molecular complexity index is 617. The van der Waals surface area contributed by atoms with E-state index in [2.05, 4.69) is 13.8 Å². The van der Waals surface area contributed by atoms with Gasteiger partial charge in [-0.1, -0.05) is 19.1 Å². The lowest BCUT2D eigenvalue weighted by Gasteiger charge is -2.51. The van der Waals surface area contributed by atoms with Crippen LogP contribution < -0.4 is 0 Å². The number of esters is 1. The second kappa shape index (κ2) is 5.75. The fourth-order valence-corrected chi connectivity index (χ4v) is 3.95. The molecule has 1 heterocycles. The molecule has 4 nitrogen and oxygen atoms in total. The zero-order chi connectivity index (χ0) is 16.8. The number of ketones is 1. The number of benzene rings is 1. The van der Waals surface area contributed by atoms with E-state index in [-0.39, 0.29) is 29.5 Å². The molecule has 124 valence electrons. The summed E-state index contributed by atoms with van der Waals surface area (Å²) >= 11 is 0. The number of rotatable bonds is 2. The smallest absolute Gasteiger partial charge is 0.337 e. The van der Waals surface area contributed by atoms with Crippen LogP contribution in [-0.2, 0) is 14.3 Å². The SMILES string of the molecule is COC(=O)c1ccc(C2OC(C)(C)C3CC(=O)C(C)C2C3)cc1. The van der Waals surface area contributed by atoms with E-state index in [1.807, 2.05) is 19.1 Å². The summed E-state index contributed by atoms with van der Waals surface area (Å²) in [5.74, 6) is 0.522. The second-order valence-corrected chi connectivity index (χ2v) is 7.31. The first kappa shape index (κ1) is 16.2. The van der Waals surface area contributed by atoms with Crippen molar-refractivity contribution in [3.8, 4) is 0 Å². The summed E-state index contributed by atoms with van der Waals surface area (Å²) in [4.78, 5) is 23.9. The molecule has 4 atom stereocenters. The second-order valence-electron chi connectivity index (χ2n) is 7.31. The molecule has 2 fully saturated rings. The molecule has 0 radical (unpaired) electrons. The molecule has 2 aliphatic rings. The number of fused-ring (bicyclic) bond motifs is 2. The Morgan fingerprint density at radius 3 is 2.52 bits per heavy atom. The third-order valence-electron chi connectivity index (χ3n) is 5.62. The molecule has 4 unspecified atom stereocenters. The minimum absolute atomic E-state index is 0.0210. The first-order valence-corrected chi connectivity index (χ1v) is 8.22. The monoisotopic (exact) mass is 316 g/mol. The Hall–Kier alpha value is -1.68.